The molecule has 0 unspecified atom stereocenters. The molecule has 1 atom stereocenters. The van der Waals surface area contributed by atoms with Gasteiger partial charge >= 0.3 is 0 Å². The number of likely N-dealkylation sites (tertiary alicyclic amines) is 1. The van der Waals surface area contributed by atoms with Crippen LogP contribution in [0.25, 0.3) is 5.69 Å². The molecule has 1 aliphatic rings. The van der Waals surface area contributed by atoms with Crippen molar-refractivity contribution in [3.63, 3.8) is 0 Å². The number of ketones is 1. The smallest absolute Gasteiger partial charge is 0.196 e. The van der Waals surface area contributed by atoms with Gasteiger partial charge in [0.05, 0.1) is 18.9 Å². The second kappa shape index (κ2) is 10.8. The van der Waals surface area contributed by atoms with Gasteiger partial charge in [0.25, 0.3) is 0 Å². The van der Waals surface area contributed by atoms with Crippen LogP contribution in [-0.2, 0) is 6.54 Å². The highest BCUT2D eigenvalue weighted by atomic mass is 32.2. The maximum absolute atomic E-state index is 13.1. The molecular weight excluding hydrogens is 446 g/mol. The number of carbonyl (C=O) groups is 1. The van der Waals surface area contributed by atoms with Gasteiger partial charge in [0.15, 0.2) is 16.8 Å². The van der Waals surface area contributed by atoms with E-state index >= 15 is 0 Å². The van der Waals surface area contributed by atoms with Gasteiger partial charge in [0.1, 0.15) is 5.75 Å². The number of nitrogens with zero attached hydrogens (tertiary/aromatic N) is 5. The Labute approximate surface area is 206 Å². The first-order valence-electron chi connectivity index (χ1n) is 12.1. The Morgan fingerprint density at radius 3 is 2.44 bits per heavy atom. The number of aryl methyl sites for hydroxylation is 1. The van der Waals surface area contributed by atoms with Crippen LogP contribution in [0.4, 0.5) is 0 Å². The average Bonchev–Trinajstić information content (AvgIpc) is 3.42. The van der Waals surface area contributed by atoms with E-state index in [9.17, 15) is 4.79 Å². The standard InChI is InChI=1S/C26H35N5O2S/c1-6-30-18(2)16-23(19(30)3)24(32)17-34-26-28-27-25(20(4)29-14-8-7-9-15-29)31(26)21-10-12-22(33-5)13-11-21/h10-13,16,20H,6-9,14-15,17H2,1-5H3/t20-/m0/s1. The summed E-state index contributed by atoms with van der Waals surface area (Å²) in [5.41, 5.74) is 3.92. The first-order valence-corrected chi connectivity index (χ1v) is 13.1. The van der Waals surface area contributed by atoms with Gasteiger partial charge in [-0.15, -0.1) is 10.2 Å². The van der Waals surface area contributed by atoms with Crippen molar-refractivity contribution in [1.82, 2.24) is 24.2 Å². The number of hydrogen-bond acceptors (Lipinski definition) is 6. The molecule has 1 aromatic carbocycles. The Bertz CT molecular complexity index is 1130. The van der Waals surface area contributed by atoms with Crippen LogP contribution in [0.5, 0.6) is 5.75 Å². The molecule has 7 nitrogen and oxygen atoms in total. The number of ether oxygens (including phenoxy) is 1. The van der Waals surface area contributed by atoms with Crippen LogP contribution in [-0.4, -0.2) is 56.0 Å². The van der Waals surface area contributed by atoms with E-state index in [1.807, 2.05) is 37.3 Å². The molecule has 2 aromatic heterocycles. The minimum atomic E-state index is 0.118. The second-order valence-corrected chi connectivity index (χ2v) is 9.83. The van der Waals surface area contributed by atoms with Crippen LogP contribution in [0.15, 0.2) is 35.5 Å². The largest absolute Gasteiger partial charge is 0.497 e. The zero-order valence-electron chi connectivity index (χ0n) is 20.9. The predicted octanol–water partition coefficient (Wildman–Crippen LogP) is 5.24. The molecule has 3 aromatic rings. The van der Waals surface area contributed by atoms with Crippen LogP contribution >= 0.6 is 11.8 Å². The highest BCUT2D eigenvalue weighted by Crippen LogP contribution is 2.30. The lowest BCUT2D eigenvalue weighted by molar-refractivity contribution is 0.102. The molecule has 1 fully saturated rings. The third-order valence-corrected chi connectivity index (χ3v) is 7.75. The van der Waals surface area contributed by atoms with Gasteiger partial charge in [-0.2, -0.15) is 0 Å². The molecule has 1 aliphatic heterocycles. The summed E-state index contributed by atoms with van der Waals surface area (Å²) in [6, 6.07) is 10.1. The minimum absolute atomic E-state index is 0.118. The van der Waals surface area contributed by atoms with Crippen molar-refractivity contribution in [2.75, 3.05) is 26.0 Å². The van der Waals surface area contributed by atoms with Crippen LogP contribution in [0.2, 0.25) is 0 Å². The molecule has 0 radical (unpaired) electrons. The van der Waals surface area contributed by atoms with E-state index in [0.29, 0.717) is 5.75 Å². The summed E-state index contributed by atoms with van der Waals surface area (Å²) < 4.78 is 9.63. The number of thioether (sulfide) groups is 1. The molecule has 1 saturated heterocycles. The van der Waals surface area contributed by atoms with Gasteiger partial charge in [-0.05, 0) is 84.0 Å². The highest BCUT2D eigenvalue weighted by molar-refractivity contribution is 7.99. The van der Waals surface area contributed by atoms with Crippen molar-refractivity contribution in [2.24, 2.45) is 0 Å². The number of piperidine rings is 1. The number of rotatable bonds is 9. The summed E-state index contributed by atoms with van der Waals surface area (Å²) in [4.78, 5) is 15.6. The Morgan fingerprint density at radius 1 is 1.12 bits per heavy atom. The monoisotopic (exact) mass is 481 g/mol. The van der Waals surface area contributed by atoms with Crippen LogP contribution in [0, 0.1) is 13.8 Å². The van der Waals surface area contributed by atoms with E-state index in [4.69, 9.17) is 4.74 Å². The van der Waals surface area contributed by atoms with E-state index in [0.717, 1.165) is 59.0 Å². The summed E-state index contributed by atoms with van der Waals surface area (Å²) in [5.74, 6) is 2.15. The fraction of sp³-hybridized carbons (Fsp3) is 0.500. The summed E-state index contributed by atoms with van der Waals surface area (Å²) >= 11 is 1.45. The first kappa shape index (κ1) is 24.5. The van der Waals surface area contributed by atoms with Crippen LogP contribution < -0.4 is 4.74 Å². The van der Waals surface area contributed by atoms with Gasteiger partial charge in [-0.3, -0.25) is 14.3 Å². The minimum Gasteiger partial charge on any atom is -0.497 e. The number of Topliss-reactive ketones (excluding diaryl/α,β-unsaturated/α-hetero) is 1. The van der Waals surface area contributed by atoms with Crippen molar-refractivity contribution in [2.45, 2.75) is 64.7 Å². The zero-order chi connectivity index (χ0) is 24.2. The van der Waals surface area contributed by atoms with E-state index in [-0.39, 0.29) is 11.8 Å². The molecule has 4 rings (SSSR count). The highest BCUT2D eigenvalue weighted by Gasteiger charge is 2.26. The van der Waals surface area contributed by atoms with Gasteiger partial charge in [-0.25, -0.2) is 0 Å². The molecule has 0 spiro atoms. The number of aromatic nitrogens is 4. The van der Waals surface area contributed by atoms with Crippen LogP contribution in [0.1, 0.15) is 66.7 Å². The Kier molecular flexibility index (Phi) is 7.78. The zero-order valence-corrected chi connectivity index (χ0v) is 21.7. The molecule has 0 amide bonds. The third kappa shape index (κ3) is 4.93. The fourth-order valence-corrected chi connectivity index (χ4v) is 5.71. The molecule has 0 aliphatic carbocycles. The van der Waals surface area contributed by atoms with Gasteiger partial charge in [0, 0.05) is 29.2 Å². The molecular formula is C26H35N5O2S. The lowest BCUT2D eigenvalue weighted by atomic mass is 10.1. The maximum Gasteiger partial charge on any atom is 0.196 e. The number of hydrogen-bond donors (Lipinski definition) is 0. The van der Waals surface area contributed by atoms with Crippen molar-refractivity contribution in [3.05, 3.63) is 53.1 Å². The molecule has 182 valence electrons. The number of carbonyl (C=O) groups excluding carboxylic acids is 1. The summed E-state index contributed by atoms with van der Waals surface area (Å²) in [6.45, 7) is 11.4. The van der Waals surface area contributed by atoms with E-state index in [2.05, 4.69) is 45.0 Å². The molecule has 8 heteroatoms. The topological polar surface area (TPSA) is 65.2 Å². The predicted molar refractivity (Wildman–Crippen MR) is 136 cm³/mol. The molecule has 0 N–H and O–H groups in total. The van der Waals surface area contributed by atoms with Crippen molar-refractivity contribution in [1.29, 1.82) is 0 Å². The van der Waals surface area contributed by atoms with Crippen molar-refractivity contribution < 1.29 is 9.53 Å². The van der Waals surface area contributed by atoms with Gasteiger partial charge in [-0.1, -0.05) is 18.2 Å². The van der Waals surface area contributed by atoms with Gasteiger partial charge < -0.3 is 9.30 Å². The van der Waals surface area contributed by atoms with E-state index in [1.54, 1.807) is 7.11 Å². The Hall–Kier alpha value is -2.58. The Morgan fingerprint density at radius 2 is 1.82 bits per heavy atom. The number of methoxy groups -OCH3 is 1. The summed E-state index contributed by atoms with van der Waals surface area (Å²) in [7, 11) is 1.67. The maximum atomic E-state index is 13.1. The first-order chi connectivity index (χ1) is 16.4. The van der Waals surface area contributed by atoms with Gasteiger partial charge in [0.2, 0.25) is 0 Å². The van der Waals surface area contributed by atoms with E-state index < -0.39 is 0 Å². The van der Waals surface area contributed by atoms with Crippen LogP contribution in [0.3, 0.4) is 0 Å². The van der Waals surface area contributed by atoms with E-state index in [1.165, 1.54) is 31.0 Å². The number of benzene rings is 1. The quantitative estimate of drug-likeness (QED) is 0.308. The lowest BCUT2D eigenvalue weighted by Gasteiger charge is -2.31. The molecule has 0 bridgehead atoms. The third-order valence-electron chi connectivity index (χ3n) is 6.82. The normalized spacial score (nSPS) is 15.4. The Balaban J connectivity index is 1.62. The average molecular weight is 482 g/mol. The summed E-state index contributed by atoms with van der Waals surface area (Å²) in [5, 5.41) is 9.89. The lowest BCUT2D eigenvalue weighted by Crippen LogP contribution is -2.33. The second-order valence-electron chi connectivity index (χ2n) is 8.89. The fourth-order valence-electron chi connectivity index (χ4n) is 4.87. The molecule has 34 heavy (non-hydrogen) atoms. The summed E-state index contributed by atoms with van der Waals surface area (Å²) in [6.07, 6.45) is 3.72. The van der Waals surface area contributed by atoms with Crippen molar-refractivity contribution in [3.8, 4) is 11.4 Å². The van der Waals surface area contributed by atoms with Crippen molar-refractivity contribution >= 4 is 17.5 Å². The molecule has 0 saturated carbocycles. The SMILES string of the molecule is CCn1c(C)cc(C(=O)CSc2nnc([C@H](C)N3CCCCC3)n2-c2ccc(OC)cc2)c1C. The molecule has 3 heterocycles.